The third-order valence-electron chi connectivity index (χ3n) is 3.84. The van der Waals surface area contributed by atoms with Gasteiger partial charge in [0.05, 0.1) is 6.54 Å². The minimum Gasteiger partial charge on any atom is -0.359 e. The van der Waals surface area contributed by atoms with Crippen molar-refractivity contribution in [2.45, 2.75) is 25.8 Å². The maximum Gasteiger partial charge on any atom is 0.222 e. The molecule has 3 aromatic rings. The highest BCUT2D eigenvalue weighted by molar-refractivity contribution is 7.09. The summed E-state index contributed by atoms with van der Waals surface area (Å²) in [4.78, 5) is 15.2. The zero-order valence-corrected chi connectivity index (χ0v) is 14.5. The van der Waals surface area contributed by atoms with Crippen molar-refractivity contribution in [3.63, 3.8) is 0 Å². The van der Waals surface area contributed by atoms with Gasteiger partial charge < -0.3 is 9.42 Å². The van der Waals surface area contributed by atoms with E-state index in [1.54, 1.807) is 23.3 Å². The van der Waals surface area contributed by atoms with Crippen LogP contribution in [0.4, 0.5) is 0 Å². The fourth-order valence-corrected chi connectivity index (χ4v) is 3.27. The van der Waals surface area contributed by atoms with Crippen LogP contribution < -0.4 is 0 Å². The second kappa shape index (κ2) is 7.93. The van der Waals surface area contributed by atoms with Crippen LogP contribution in [0.5, 0.6) is 0 Å². The van der Waals surface area contributed by atoms with Crippen LogP contribution in [-0.2, 0) is 17.8 Å². The van der Waals surface area contributed by atoms with Crippen molar-refractivity contribution in [1.82, 2.24) is 10.1 Å². The smallest absolute Gasteiger partial charge is 0.222 e. The number of benzene rings is 1. The summed E-state index contributed by atoms with van der Waals surface area (Å²) in [7, 11) is 1.80. The Labute approximate surface area is 145 Å². The van der Waals surface area contributed by atoms with Crippen molar-refractivity contribution in [3.8, 4) is 11.3 Å². The Kier molecular flexibility index (Phi) is 5.43. The van der Waals surface area contributed by atoms with Gasteiger partial charge in [0.15, 0.2) is 5.76 Å². The molecule has 0 spiro atoms. The quantitative estimate of drug-likeness (QED) is 0.641. The molecule has 0 saturated heterocycles. The Bertz CT molecular complexity index is 766. The van der Waals surface area contributed by atoms with Crippen LogP contribution in [0.15, 0.2) is 58.4 Å². The van der Waals surface area contributed by atoms with Crippen LogP contribution in [0.2, 0.25) is 0 Å². The molecule has 124 valence electrons. The fraction of sp³-hybridized carbons (Fsp3) is 0.263. The van der Waals surface area contributed by atoms with Gasteiger partial charge in [-0.05, 0) is 24.3 Å². The van der Waals surface area contributed by atoms with Crippen LogP contribution in [-0.4, -0.2) is 23.0 Å². The van der Waals surface area contributed by atoms with E-state index < -0.39 is 0 Å². The molecule has 0 saturated carbocycles. The van der Waals surface area contributed by atoms with Gasteiger partial charge in [0.1, 0.15) is 5.69 Å². The number of aromatic nitrogens is 1. The Hall–Kier alpha value is -2.40. The lowest BCUT2D eigenvalue weighted by Crippen LogP contribution is -2.25. The summed E-state index contributed by atoms with van der Waals surface area (Å²) in [6.07, 6.45) is 2.38. The summed E-state index contributed by atoms with van der Waals surface area (Å²) in [6, 6.07) is 15.9. The van der Waals surface area contributed by atoms with E-state index in [0.717, 1.165) is 24.1 Å². The van der Waals surface area contributed by atoms with Gasteiger partial charge in [-0.2, -0.15) is 0 Å². The third kappa shape index (κ3) is 4.32. The minimum absolute atomic E-state index is 0.129. The van der Waals surface area contributed by atoms with Crippen LogP contribution in [0, 0.1) is 0 Å². The van der Waals surface area contributed by atoms with Gasteiger partial charge in [0, 0.05) is 30.0 Å². The van der Waals surface area contributed by atoms with Crippen LogP contribution in [0.3, 0.4) is 0 Å². The molecule has 0 aliphatic heterocycles. The molecule has 0 fully saturated rings. The normalized spacial score (nSPS) is 10.7. The van der Waals surface area contributed by atoms with Crippen LogP contribution in [0.25, 0.3) is 11.3 Å². The Balaban J connectivity index is 1.50. The van der Waals surface area contributed by atoms with Gasteiger partial charge in [-0.15, -0.1) is 11.3 Å². The monoisotopic (exact) mass is 340 g/mol. The van der Waals surface area contributed by atoms with Crippen molar-refractivity contribution < 1.29 is 9.32 Å². The largest absolute Gasteiger partial charge is 0.359 e. The summed E-state index contributed by atoms with van der Waals surface area (Å²) in [5.41, 5.74) is 1.81. The molecule has 1 aromatic carbocycles. The fourth-order valence-electron chi connectivity index (χ4n) is 2.51. The molecular weight excluding hydrogens is 320 g/mol. The maximum absolute atomic E-state index is 12.2. The van der Waals surface area contributed by atoms with E-state index in [9.17, 15) is 4.79 Å². The third-order valence-corrected chi connectivity index (χ3v) is 4.78. The number of rotatable bonds is 7. The second-order valence-corrected chi connectivity index (χ2v) is 6.76. The predicted octanol–water partition coefficient (Wildman–Crippen LogP) is 4.38. The van der Waals surface area contributed by atoms with Gasteiger partial charge >= 0.3 is 0 Å². The molecule has 0 unspecified atom stereocenters. The van der Waals surface area contributed by atoms with E-state index in [4.69, 9.17) is 4.52 Å². The number of hydrogen-bond acceptors (Lipinski definition) is 4. The zero-order chi connectivity index (χ0) is 16.8. The standard InChI is InChI=1S/C19H20N2O2S/c1-21(19(22)11-5-9-17-10-6-12-24-17)14-16-13-18(20-23-16)15-7-3-2-4-8-15/h2-4,6-8,10,12-13H,5,9,11,14H2,1H3. The molecular formula is C19H20N2O2S. The molecule has 0 atom stereocenters. The molecule has 0 aliphatic rings. The van der Waals surface area contributed by atoms with Gasteiger partial charge in [-0.3, -0.25) is 4.79 Å². The average Bonchev–Trinajstić information content (AvgIpc) is 3.27. The second-order valence-electron chi connectivity index (χ2n) is 5.73. The SMILES string of the molecule is CN(Cc1cc(-c2ccccc2)no1)C(=O)CCCc1cccs1. The van der Waals surface area contributed by atoms with Gasteiger partial charge in [-0.25, -0.2) is 0 Å². The highest BCUT2D eigenvalue weighted by Crippen LogP contribution is 2.19. The van der Waals surface area contributed by atoms with Crippen molar-refractivity contribution in [2.24, 2.45) is 0 Å². The summed E-state index contributed by atoms with van der Waals surface area (Å²) < 4.78 is 5.36. The number of carbonyl (C=O) groups is 1. The summed E-state index contributed by atoms with van der Waals surface area (Å²) in [5, 5.41) is 6.15. The lowest BCUT2D eigenvalue weighted by molar-refractivity contribution is -0.130. The number of hydrogen-bond donors (Lipinski definition) is 0. The molecule has 1 amide bonds. The lowest BCUT2D eigenvalue weighted by atomic mass is 10.1. The minimum atomic E-state index is 0.129. The first kappa shape index (κ1) is 16.5. The van der Waals surface area contributed by atoms with Crippen LogP contribution >= 0.6 is 11.3 Å². The molecule has 0 N–H and O–H groups in total. The first-order chi connectivity index (χ1) is 11.7. The molecule has 0 radical (unpaired) electrons. The zero-order valence-electron chi connectivity index (χ0n) is 13.6. The molecule has 5 heteroatoms. The van der Waals surface area contributed by atoms with Crippen molar-refractivity contribution in [2.75, 3.05) is 7.05 Å². The molecule has 0 bridgehead atoms. The lowest BCUT2D eigenvalue weighted by Gasteiger charge is -2.14. The summed E-state index contributed by atoms with van der Waals surface area (Å²) in [6.45, 7) is 0.442. The molecule has 3 rings (SSSR count). The molecule has 24 heavy (non-hydrogen) atoms. The number of carbonyl (C=O) groups excluding carboxylic acids is 1. The van der Waals surface area contributed by atoms with E-state index in [-0.39, 0.29) is 5.91 Å². The molecule has 4 nitrogen and oxygen atoms in total. The van der Waals surface area contributed by atoms with E-state index in [0.29, 0.717) is 18.7 Å². The molecule has 2 aromatic heterocycles. The van der Waals surface area contributed by atoms with Crippen molar-refractivity contribution >= 4 is 17.2 Å². The Morgan fingerprint density at radius 1 is 1.21 bits per heavy atom. The van der Waals surface area contributed by atoms with Crippen LogP contribution in [0.1, 0.15) is 23.5 Å². The van der Waals surface area contributed by atoms with Gasteiger partial charge in [-0.1, -0.05) is 41.6 Å². The average molecular weight is 340 g/mol. The molecule has 2 heterocycles. The predicted molar refractivity (Wildman–Crippen MR) is 95.7 cm³/mol. The first-order valence-corrected chi connectivity index (χ1v) is 8.87. The van der Waals surface area contributed by atoms with Gasteiger partial charge in [0.25, 0.3) is 0 Å². The topological polar surface area (TPSA) is 46.3 Å². The number of thiophene rings is 1. The van der Waals surface area contributed by atoms with E-state index in [1.807, 2.05) is 42.5 Å². The highest BCUT2D eigenvalue weighted by Gasteiger charge is 2.13. The maximum atomic E-state index is 12.2. The van der Waals surface area contributed by atoms with E-state index >= 15 is 0 Å². The first-order valence-electron chi connectivity index (χ1n) is 8.00. The number of aryl methyl sites for hydroxylation is 1. The summed E-state index contributed by atoms with van der Waals surface area (Å²) >= 11 is 1.74. The van der Waals surface area contributed by atoms with E-state index in [1.165, 1.54) is 4.88 Å². The highest BCUT2D eigenvalue weighted by atomic mass is 32.1. The molecule has 0 aliphatic carbocycles. The van der Waals surface area contributed by atoms with Gasteiger partial charge in [0.2, 0.25) is 5.91 Å². The summed E-state index contributed by atoms with van der Waals surface area (Å²) in [5.74, 6) is 0.826. The van der Waals surface area contributed by atoms with E-state index in [2.05, 4.69) is 16.6 Å². The number of nitrogens with zero attached hydrogens (tertiary/aromatic N) is 2. The Morgan fingerprint density at radius 2 is 2.04 bits per heavy atom. The number of amides is 1. The Morgan fingerprint density at radius 3 is 2.79 bits per heavy atom. The van der Waals surface area contributed by atoms with Crippen molar-refractivity contribution in [1.29, 1.82) is 0 Å². The van der Waals surface area contributed by atoms with Crippen molar-refractivity contribution in [3.05, 3.63) is 64.5 Å².